The van der Waals surface area contributed by atoms with Crippen molar-refractivity contribution in [1.82, 2.24) is 0 Å². The maximum Gasteiger partial charge on any atom is 0.139 e. The van der Waals surface area contributed by atoms with E-state index in [1.54, 1.807) is 6.07 Å². The molecule has 2 aromatic rings. The Morgan fingerprint density at radius 3 is 2.25 bits per heavy atom. The topological polar surface area (TPSA) is 38.0 Å². The van der Waals surface area contributed by atoms with Gasteiger partial charge in [-0.05, 0) is 45.1 Å². The summed E-state index contributed by atoms with van der Waals surface area (Å²) in [4.78, 5) is 0. The minimum Gasteiger partial charge on any atom is -0.397 e. The number of nitrogens with two attached hydrogens (primary N) is 1. The fourth-order valence-electron chi connectivity index (χ4n) is 1.88. The van der Waals surface area contributed by atoms with Crippen LogP contribution >= 0.6 is 15.9 Å². The van der Waals surface area contributed by atoms with Gasteiger partial charge in [0.2, 0.25) is 0 Å². The fourth-order valence-corrected chi connectivity index (χ4v) is 2.24. The second-order valence-corrected chi connectivity index (χ2v) is 6.66. The summed E-state index contributed by atoms with van der Waals surface area (Å²) >= 11 is 3.11. The molecule has 0 aromatic heterocycles. The number of rotatable bonds is 2. The predicted octanol–water partition coefficient (Wildman–Crippen LogP) is 5.21. The number of nitrogens with one attached hydrogen (secondary N) is 1. The minimum absolute atomic E-state index is 0.112. The second-order valence-electron chi connectivity index (χ2n) is 5.81. The van der Waals surface area contributed by atoms with Crippen LogP contribution in [-0.2, 0) is 5.41 Å². The standard InChI is InChI=1S/C16H18BrFN2/c1-16(2,3)10-4-6-11(7-5-10)20-15-9-13(18)12(17)8-14(15)19/h4-9,20H,19H2,1-3H3. The Labute approximate surface area is 127 Å². The molecule has 0 fully saturated rings. The molecule has 2 aromatic carbocycles. The van der Waals surface area contributed by atoms with E-state index in [-0.39, 0.29) is 11.2 Å². The van der Waals surface area contributed by atoms with Crippen LogP contribution in [0.1, 0.15) is 26.3 Å². The molecule has 20 heavy (non-hydrogen) atoms. The monoisotopic (exact) mass is 336 g/mol. The largest absolute Gasteiger partial charge is 0.397 e. The van der Waals surface area contributed by atoms with E-state index in [9.17, 15) is 4.39 Å². The Morgan fingerprint density at radius 1 is 1.10 bits per heavy atom. The summed E-state index contributed by atoms with van der Waals surface area (Å²) in [6.45, 7) is 6.49. The Kier molecular flexibility index (Phi) is 4.04. The van der Waals surface area contributed by atoms with Crippen LogP contribution in [0.2, 0.25) is 0 Å². The summed E-state index contributed by atoms with van der Waals surface area (Å²) in [5, 5.41) is 3.13. The van der Waals surface area contributed by atoms with E-state index in [1.165, 1.54) is 11.6 Å². The first-order valence-electron chi connectivity index (χ1n) is 6.39. The van der Waals surface area contributed by atoms with Crippen molar-refractivity contribution in [2.24, 2.45) is 0 Å². The van der Waals surface area contributed by atoms with Crippen LogP contribution in [0.25, 0.3) is 0 Å². The van der Waals surface area contributed by atoms with Gasteiger partial charge in [0.05, 0.1) is 15.8 Å². The van der Waals surface area contributed by atoms with Crippen LogP contribution in [0.15, 0.2) is 40.9 Å². The molecule has 4 heteroatoms. The third kappa shape index (κ3) is 3.31. The zero-order valence-electron chi connectivity index (χ0n) is 11.8. The van der Waals surface area contributed by atoms with E-state index in [4.69, 9.17) is 5.73 Å². The highest BCUT2D eigenvalue weighted by Crippen LogP contribution is 2.30. The molecule has 3 N–H and O–H groups in total. The highest BCUT2D eigenvalue weighted by atomic mass is 79.9. The number of hydrogen-bond donors (Lipinski definition) is 2. The second kappa shape index (κ2) is 5.44. The predicted molar refractivity (Wildman–Crippen MR) is 86.9 cm³/mol. The van der Waals surface area contributed by atoms with Crippen LogP contribution in [0.4, 0.5) is 21.5 Å². The van der Waals surface area contributed by atoms with Gasteiger partial charge < -0.3 is 11.1 Å². The fraction of sp³-hybridized carbons (Fsp3) is 0.250. The van der Waals surface area contributed by atoms with Crippen LogP contribution in [0.3, 0.4) is 0 Å². The normalized spacial score (nSPS) is 11.4. The molecule has 2 nitrogen and oxygen atoms in total. The van der Waals surface area contributed by atoms with Gasteiger partial charge in [0.1, 0.15) is 5.82 Å². The van der Waals surface area contributed by atoms with E-state index >= 15 is 0 Å². The highest BCUT2D eigenvalue weighted by molar-refractivity contribution is 9.10. The first kappa shape index (κ1) is 14.9. The Hall–Kier alpha value is -1.55. The Morgan fingerprint density at radius 2 is 1.70 bits per heavy atom. The average molecular weight is 337 g/mol. The third-order valence-corrected chi connectivity index (χ3v) is 3.73. The highest BCUT2D eigenvalue weighted by Gasteiger charge is 2.13. The smallest absolute Gasteiger partial charge is 0.139 e. The summed E-state index contributed by atoms with van der Waals surface area (Å²) < 4.78 is 13.9. The number of benzene rings is 2. The summed E-state index contributed by atoms with van der Waals surface area (Å²) in [5.74, 6) is -0.340. The maximum atomic E-state index is 13.5. The van der Waals surface area contributed by atoms with Gasteiger partial charge in [-0.25, -0.2) is 4.39 Å². The Balaban J connectivity index is 2.25. The van der Waals surface area contributed by atoms with E-state index < -0.39 is 0 Å². The number of halogens is 2. The van der Waals surface area contributed by atoms with Crippen molar-refractivity contribution < 1.29 is 4.39 Å². The minimum atomic E-state index is -0.340. The van der Waals surface area contributed by atoms with Crippen molar-refractivity contribution in [2.75, 3.05) is 11.1 Å². The molecule has 0 amide bonds. The molecule has 2 rings (SSSR count). The van der Waals surface area contributed by atoms with Crippen LogP contribution in [0, 0.1) is 5.82 Å². The lowest BCUT2D eigenvalue weighted by atomic mass is 9.87. The molecular formula is C16H18BrFN2. The Bertz CT molecular complexity index is 616. The van der Waals surface area contributed by atoms with Crippen molar-refractivity contribution in [2.45, 2.75) is 26.2 Å². The molecule has 106 valence electrons. The van der Waals surface area contributed by atoms with Gasteiger partial charge in [0.15, 0.2) is 0 Å². The lowest BCUT2D eigenvalue weighted by Gasteiger charge is -2.19. The van der Waals surface area contributed by atoms with E-state index in [1.807, 2.05) is 12.1 Å². The zero-order chi connectivity index (χ0) is 14.9. The molecule has 0 heterocycles. The van der Waals surface area contributed by atoms with Gasteiger partial charge >= 0.3 is 0 Å². The van der Waals surface area contributed by atoms with Crippen molar-refractivity contribution in [3.05, 3.63) is 52.3 Å². The van der Waals surface area contributed by atoms with Crippen LogP contribution < -0.4 is 11.1 Å². The molecule has 0 saturated heterocycles. The molecule has 0 spiro atoms. The molecule has 0 atom stereocenters. The lowest BCUT2D eigenvalue weighted by Crippen LogP contribution is -2.10. The summed E-state index contributed by atoms with van der Waals surface area (Å²) in [7, 11) is 0. The summed E-state index contributed by atoms with van der Waals surface area (Å²) in [5.41, 5.74) is 9.18. The quantitative estimate of drug-likeness (QED) is 0.738. The van der Waals surface area contributed by atoms with Gasteiger partial charge in [0, 0.05) is 11.8 Å². The first-order valence-corrected chi connectivity index (χ1v) is 7.19. The molecule has 0 radical (unpaired) electrons. The van der Waals surface area contributed by atoms with E-state index in [0.29, 0.717) is 15.8 Å². The summed E-state index contributed by atoms with van der Waals surface area (Å²) in [6, 6.07) is 11.0. The molecule has 0 saturated carbocycles. The van der Waals surface area contributed by atoms with Gasteiger partial charge in [0.25, 0.3) is 0 Å². The molecular weight excluding hydrogens is 319 g/mol. The number of anilines is 3. The van der Waals surface area contributed by atoms with Crippen molar-refractivity contribution >= 4 is 33.0 Å². The van der Waals surface area contributed by atoms with Gasteiger partial charge in [-0.15, -0.1) is 0 Å². The first-order chi connectivity index (χ1) is 9.27. The SMILES string of the molecule is CC(C)(C)c1ccc(Nc2cc(F)c(Br)cc2N)cc1. The zero-order valence-corrected chi connectivity index (χ0v) is 13.4. The van der Waals surface area contributed by atoms with Crippen molar-refractivity contribution in [1.29, 1.82) is 0 Å². The van der Waals surface area contributed by atoms with Crippen LogP contribution in [0.5, 0.6) is 0 Å². The summed E-state index contributed by atoms with van der Waals surface area (Å²) in [6.07, 6.45) is 0. The van der Waals surface area contributed by atoms with Gasteiger partial charge in [-0.3, -0.25) is 0 Å². The van der Waals surface area contributed by atoms with Crippen LogP contribution in [-0.4, -0.2) is 0 Å². The van der Waals surface area contributed by atoms with Gasteiger partial charge in [-0.2, -0.15) is 0 Å². The van der Waals surface area contributed by atoms with E-state index in [0.717, 1.165) is 5.69 Å². The van der Waals surface area contributed by atoms with Crippen molar-refractivity contribution in [3.63, 3.8) is 0 Å². The van der Waals surface area contributed by atoms with E-state index in [2.05, 4.69) is 54.2 Å². The number of hydrogen-bond acceptors (Lipinski definition) is 2. The average Bonchev–Trinajstić information content (AvgIpc) is 2.35. The molecule has 0 aliphatic carbocycles. The van der Waals surface area contributed by atoms with Gasteiger partial charge in [-0.1, -0.05) is 32.9 Å². The third-order valence-electron chi connectivity index (χ3n) is 3.12. The lowest BCUT2D eigenvalue weighted by molar-refractivity contribution is 0.590. The molecule has 0 aliphatic heterocycles. The molecule has 0 bridgehead atoms. The molecule has 0 aliphatic rings. The maximum absolute atomic E-state index is 13.5. The molecule has 0 unspecified atom stereocenters. The number of nitrogen functional groups attached to an aromatic ring is 1. The van der Waals surface area contributed by atoms with Crippen molar-refractivity contribution in [3.8, 4) is 0 Å².